The molecule has 1 saturated heterocycles. The Morgan fingerprint density at radius 3 is 2.70 bits per heavy atom. The topological polar surface area (TPSA) is 35.3 Å². The van der Waals surface area contributed by atoms with Crippen LogP contribution < -0.4 is 0 Å². The molecule has 0 radical (unpaired) electrons. The van der Waals surface area contributed by atoms with E-state index in [4.69, 9.17) is 21.7 Å². The van der Waals surface area contributed by atoms with E-state index >= 15 is 0 Å². The Balaban J connectivity index is 2.73. The Hall–Kier alpha value is -0.240. The molecule has 0 aromatic carbocycles. The third-order valence-corrected chi connectivity index (χ3v) is 5.18. The van der Waals surface area contributed by atoms with Crippen molar-refractivity contribution in [2.75, 3.05) is 19.8 Å². The van der Waals surface area contributed by atoms with Crippen LogP contribution in [0.4, 0.5) is 0 Å². The Bertz CT molecular complexity index is 331. The molecule has 6 heteroatoms. The lowest BCUT2D eigenvalue weighted by Crippen LogP contribution is -2.35. The Labute approximate surface area is 125 Å². The van der Waals surface area contributed by atoms with Gasteiger partial charge in [0, 0.05) is 20.1 Å². The first-order chi connectivity index (χ1) is 10.0. The fraction of sp³-hybridized carbons (Fsp3) is 0.929. The van der Waals surface area contributed by atoms with Gasteiger partial charge >= 0.3 is 0 Å². The van der Waals surface area contributed by atoms with Crippen molar-refractivity contribution in [1.82, 2.24) is 4.67 Å². The second-order valence-corrected chi connectivity index (χ2v) is 6.77. The first-order valence-corrected chi connectivity index (χ1v) is 8.26. The third-order valence-electron chi connectivity index (χ3n) is 3.03. The molecule has 5 nitrogen and oxygen atoms in total. The van der Waals surface area contributed by atoms with E-state index in [1.54, 1.807) is 0 Å². The van der Waals surface area contributed by atoms with E-state index in [9.17, 15) is 0 Å². The van der Waals surface area contributed by atoms with E-state index < -0.39 is 8.53 Å². The minimum absolute atomic E-state index is 0.0819. The minimum Gasteiger partial charge on any atom is -0.376 e. The van der Waals surface area contributed by atoms with Crippen LogP contribution in [-0.2, 0) is 13.8 Å². The highest BCUT2D eigenvalue weighted by Crippen LogP contribution is 2.48. The Morgan fingerprint density at radius 2 is 2.15 bits per heavy atom. The van der Waals surface area contributed by atoms with Crippen LogP contribution in [0.15, 0.2) is 0 Å². The van der Waals surface area contributed by atoms with E-state index in [0.29, 0.717) is 31.8 Å². The van der Waals surface area contributed by atoms with Gasteiger partial charge in [-0.2, -0.15) is 0 Å². The number of nitrogens with zero attached hydrogens (tertiary/aromatic N) is 2. The van der Waals surface area contributed by atoms with Crippen LogP contribution in [0.25, 0.3) is 4.85 Å². The maximum absolute atomic E-state index is 7.53. The SMILES string of the molecule is [2H]CC1OCCC1OP(OCC[N+]#[C-])N(C(C)C)C(C)C. The van der Waals surface area contributed by atoms with Crippen molar-refractivity contribution in [1.29, 1.82) is 0 Å². The largest absolute Gasteiger partial charge is 0.376 e. The number of hydrogen-bond donors (Lipinski definition) is 0. The normalized spacial score (nSPS) is 25.2. The monoisotopic (exact) mass is 303 g/mol. The highest BCUT2D eigenvalue weighted by Gasteiger charge is 2.34. The maximum atomic E-state index is 7.53. The summed E-state index contributed by atoms with van der Waals surface area (Å²) in [5, 5.41) is 0. The van der Waals surface area contributed by atoms with E-state index in [1.165, 1.54) is 0 Å². The highest BCUT2D eigenvalue weighted by atomic mass is 31.2. The predicted octanol–water partition coefficient (Wildman–Crippen LogP) is 3.46. The van der Waals surface area contributed by atoms with Crippen molar-refractivity contribution in [2.24, 2.45) is 0 Å². The average Bonchev–Trinajstić information content (AvgIpc) is 2.85. The number of hydrogen-bond acceptors (Lipinski definition) is 4. The predicted molar refractivity (Wildman–Crippen MR) is 81.4 cm³/mol. The van der Waals surface area contributed by atoms with Crippen molar-refractivity contribution in [3.05, 3.63) is 11.4 Å². The maximum Gasteiger partial charge on any atom is 0.259 e. The Morgan fingerprint density at radius 1 is 1.45 bits per heavy atom. The van der Waals surface area contributed by atoms with Crippen LogP contribution in [0.5, 0.6) is 0 Å². The molecule has 0 amide bonds. The zero-order valence-electron chi connectivity index (χ0n) is 13.9. The van der Waals surface area contributed by atoms with E-state index in [0.717, 1.165) is 6.42 Å². The lowest BCUT2D eigenvalue weighted by atomic mass is 10.2. The molecule has 3 atom stereocenters. The summed E-state index contributed by atoms with van der Waals surface area (Å²) in [4.78, 5) is 3.33. The molecule has 0 N–H and O–H groups in total. The Kier molecular flexibility index (Phi) is 7.19. The summed E-state index contributed by atoms with van der Waals surface area (Å²) in [6, 6.07) is 0.585. The van der Waals surface area contributed by atoms with Crippen LogP contribution in [0, 0.1) is 6.57 Å². The fourth-order valence-electron chi connectivity index (χ4n) is 2.15. The molecule has 1 rings (SSSR count). The van der Waals surface area contributed by atoms with Crippen molar-refractivity contribution >= 4 is 8.53 Å². The number of ether oxygens (including phenoxy) is 1. The summed E-state index contributed by atoms with van der Waals surface area (Å²) < 4.78 is 27.3. The lowest BCUT2D eigenvalue weighted by Gasteiger charge is -2.37. The van der Waals surface area contributed by atoms with Crippen molar-refractivity contribution < 1.29 is 15.2 Å². The van der Waals surface area contributed by atoms with Gasteiger partial charge in [-0.1, -0.05) is 0 Å². The second-order valence-electron chi connectivity index (χ2n) is 5.36. The molecule has 0 saturated carbocycles. The highest BCUT2D eigenvalue weighted by molar-refractivity contribution is 7.44. The summed E-state index contributed by atoms with van der Waals surface area (Å²) in [5.74, 6) is 0. The summed E-state index contributed by atoms with van der Waals surface area (Å²) in [6.07, 6.45) is 0.556. The van der Waals surface area contributed by atoms with Crippen molar-refractivity contribution in [2.45, 2.75) is 65.3 Å². The smallest absolute Gasteiger partial charge is 0.259 e. The first kappa shape index (κ1) is 16.1. The minimum atomic E-state index is -1.23. The second kappa shape index (κ2) is 8.92. The van der Waals surface area contributed by atoms with Gasteiger partial charge in [-0.15, -0.1) is 0 Å². The standard InChI is InChI=1S/C14H27N2O3P/c1-11(2)16(12(3)4)20(18-10-8-15-6)19-14-7-9-17-13(14)5/h11-14H,7-10H2,1-5H3/i5D. The van der Waals surface area contributed by atoms with Crippen molar-refractivity contribution in [3.63, 3.8) is 0 Å². The fourth-order valence-corrected chi connectivity index (χ4v) is 3.92. The molecule has 116 valence electrons. The van der Waals surface area contributed by atoms with Crippen LogP contribution in [0.1, 0.15) is 42.4 Å². The molecule has 1 aliphatic rings. The first-order valence-electron chi connectivity index (χ1n) is 7.84. The van der Waals surface area contributed by atoms with E-state index in [1.807, 2.05) is 0 Å². The van der Waals surface area contributed by atoms with Gasteiger partial charge in [0.1, 0.15) is 6.61 Å². The molecule has 1 heterocycles. The zero-order valence-corrected chi connectivity index (χ0v) is 13.8. The van der Waals surface area contributed by atoms with Gasteiger partial charge in [-0.3, -0.25) is 0 Å². The molecule has 0 spiro atoms. The number of rotatable bonds is 8. The molecule has 3 unspecified atom stereocenters. The molecule has 0 bridgehead atoms. The summed E-state index contributed by atoms with van der Waals surface area (Å²) in [6.45, 7) is 16.9. The van der Waals surface area contributed by atoms with Crippen LogP contribution >= 0.6 is 8.53 Å². The van der Waals surface area contributed by atoms with E-state index in [2.05, 4.69) is 37.2 Å². The lowest BCUT2D eigenvalue weighted by molar-refractivity contribution is 0.0548. The van der Waals surface area contributed by atoms with Gasteiger partial charge in [0.05, 0.1) is 12.2 Å². The third kappa shape index (κ3) is 5.27. The molecular formula is C14H27N2O3P. The average molecular weight is 303 g/mol. The molecule has 1 aliphatic heterocycles. The molecule has 0 aliphatic carbocycles. The van der Waals surface area contributed by atoms with Gasteiger partial charge in [-0.25, -0.2) is 11.2 Å². The van der Waals surface area contributed by atoms with Crippen LogP contribution in [0.2, 0.25) is 0 Å². The molecule has 0 aromatic heterocycles. The quantitative estimate of drug-likeness (QED) is 0.391. The summed E-state index contributed by atoms with van der Waals surface area (Å²) >= 11 is 0. The molecule has 0 aromatic rings. The van der Waals surface area contributed by atoms with Gasteiger partial charge in [0.25, 0.3) is 8.53 Å². The summed E-state index contributed by atoms with van der Waals surface area (Å²) in [7, 11) is -1.23. The van der Waals surface area contributed by atoms with Gasteiger partial charge in [0.15, 0.2) is 0 Å². The van der Waals surface area contributed by atoms with Crippen LogP contribution in [0.3, 0.4) is 0 Å². The molecular weight excluding hydrogens is 275 g/mol. The van der Waals surface area contributed by atoms with Gasteiger partial charge < -0.3 is 18.6 Å². The van der Waals surface area contributed by atoms with Gasteiger partial charge in [-0.05, 0) is 41.0 Å². The zero-order chi connectivity index (χ0) is 15.8. The molecule has 1 fully saturated rings. The van der Waals surface area contributed by atoms with Crippen molar-refractivity contribution in [3.8, 4) is 0 Å². The van der Waals surface area contributed by atoms with Gasteiger partial charge in [0.2, 0.25) is 6.54 Å². The summed E-state index contributed by atoms with van der Waals surface area (Å²) in [5.41, 5.74) is 0. The van der Waals surface area contributed by atoms with Crippen LogP contribution in [-0.4, -0.2) is 48.7 Å². The molecule has 20 heavy (non-hydrogen) atoms. The van der Waals surface area contributed by atoms with E-state index in [-0.39, 0.29) is 19.1 Å².